The Morgan fingerprint density at radius 2 is 1.40 bits per heavy atom. The van der Waals surface area contributed by atoms with Gasteiger partial charge < -0.3 is 11.1 Å². The first-order valence-electron chi connectivity index (χ1n) is 6.59. The van der Waals surface area contributed by atoms with E-state index in [0.29, 0.717) is 6.04 Å². The van der Waals surface area contributed by atoms with Crippen LogP contribution in [0, 0.1) is 5.92 Å². The quantitative estimate of drug-likeness (QED) is 0.549. The Balaban J connectivity index is 2.93. The number of hydrogen-bond acceptors (Lipinski definition) is 2. The molecule has 0 aliphatic heterocycles. The van der Waals surface area contributed by atoms with Crippen molar-refractivity contribution in [3.63, 3.8) is 0 Å². The lowest BCUT2D eigenvalue weighted by molar-refractivity contribution is 0.510. The monoisotopic (exact) mass is 214 g/mol. The van der Waals surface area contributed by atoms with Gasteiger partial charge in [-0.05, 0) is 45.2 Å². The molecule has 2 heteroatoms. The fraction of sp³-hybridized carbons (Fsp3) is 1.00. The molecule has 3 N–H and O–H groups in total. The van der Waals surface area contributed by atoms with Gasteiger partial charge in [0.05, 0.1) is 0 Å². The first kappa shape index (κ1) is 14.9. The molecule has 2 nitrogen and oxygen atoms in total. The van der Waals surface area contributed by atoms with E-state index in [1.165, 1.54) is 38.6 Å². The van der Waals surface area contributed by atoms with Gasteiger partial charge in [0, 0.05) is 6.04 Å². The Morgan fingerprint density at radius 3 is 1.87 bits per heavy atom. The highest BCUT2D eigenvalue weighted by Gasteiger charge is 1.95. The highest BCUT2D eigenvalue weighted by atomic mass is 14.8. The second kappa shape index (κ2) is 10.4. The maximum Gasteiger partial charge on any atom is 0.00104 e. The van der Waals surface area contributed by atoms with Gasteiger partial charge in [-0.15, -0.1) is 0 Å². The van der Waals surface area contributed by atoms with Crippen molar-refractivity contribution in [2.75, 3.05) is 13.1 Å². The Bertz CT molecular complexity index is 108. The summed E-state index contributed by atoms with van der Waals surface area (Å²) in [6.45, 7) is 9.02. The number of unbranched alkanes of at least 4 members (excludes halogenated alkanes) is 2. The minimum Gasteiger partial charge on any atom is -0.328 e. The molecule has 0 rings (SSSR count). The molecule has 0 heterocycles. The molecule has 0 saturated carbocycles. The van der Waals surface area contributed by atoms with E-state index in [4.69, 9.17) is 5.73 Å². The normalized spacial score (nSPS) is 13.4. The third-order valence-corrected chi connectivity index (χ3v) is 2.65. The van der Waals surface area contributed by atoms with Gasteiger partial charge in [-0.3, -0.25) is 0 Å². The van der Waals surface area contributed by atoms with E-state index in [9.17, 15) is 0 Å². The maximum atomic E-state index is 5.68. The van der Waals surface area contributed by atoms with E-state index in [0.717, 1.165) is 18.9 Å². The fourth-order valence-electron chi connectivity index (χ4n) is 1.64. The van der Waals surface area contributed by atoms with E-state index < -0.39 is 0 Å². The standard InChI is InChI=1S/C13H30N2/c1-12(2)8-4-6-10-15-11-7-5-9-13(3)14/h12-13,15H,4-11,14H2,1-3H3. The van der Waals surface area contributed by atoms with Crippen molar-refractivity contribution in [3.8, 4) is 0 Å². The molecule has 0 aromatic heterocycles. The lowest BCUT2D eigenvalue weighted by atomic mass is 10.1. The van der Waals surface area contributed by atoms with Crippen LogP contribution < -0.4 is 11.1 Å². The van der Waals surface area contributed by atoms with E-state index in [2.05, 4.69) is 26.1 Å². The summed E-state index contributed by atoms with van der Waals surface area (Å²) in [7, 11) is 0. The second-order valence-electron chi connectivity index (χ2n) is 5.11. The van der Waals surface area contributed by atoms with Crippen molar-refractivity contribution in [2.24, 2.45) is 11.7 Å². The topological polar surface area (TPSA) is 38.0 Å². The molecule has 0 spiro atoms. The van der Waals surface area contributed by atoms with Crippen molar-refractivity contribution in [1.29, 1.82) is 0 Å². The molecular formula is C13H30N2. The molecule has 1 atom stereocenters. The van der Waals surface area contributed by atoms with Gasteiger partial charge in [0.15, 0.2) is 0 Å². The SMILES string of the molecule is CC(C)CCCCNCCCCC(C)N. The predicted octanol–water partition coefficient (Wildman–Crippen LogP) is 2.92. The summed E-state index contributed by atoms with van der Waals surface area (Å²) in [5.74, 6) is 0.857. The maximum absolute atomic E-state index is 5.68. The minimum absolute atomic E-state index is 0.371. The summed E-state index contributed by atoms with van der Waals surface area (Å²) in [5.41, 5.74) is 5.68. The zero-order chi connectivity index (χ0) is 11.5. The summed E-state index contributed by atoms with van der Waals surface area (Å²) >= 11 is 0. The highest BCUT2D eigenvalue weighted by molar-refractivity contribution is 4.55. The summed E-state index contributed by atoms with van der Waals surface area (Å²) in [5, 5.41) is 3.49. The van der Waals surface area contributed by atoms with E-state index >= 15 is 0 Å². The van der Waals surface area contributed by atoms with Crippen LogP contribution in [0.15, 0.2) is 0 Å². The summed E-state index contributed by atoms with van der Waals surface area (Å²) < 4.78 is 0. The molecule has 0 aromatic rings. The number of hydrogen-bond donors (Lipinski definition) is 2. The smallest absolute Gasteiger partial charge is 0.00104 e. The minimum atomic E-state index is 0.371. The first-order chi connectivity index (χ1) is 7.13. The molecule has 15 heavy (non-hydrogen) atoms. The average Bonchev–Trinajstić information content (AvgIpc) is 2.14. The molecule has 0 fully saturated rings. The molecule has 0 saturated heterocycles. The van der Waals surface area contributed by atoms with Crippen LogP contribution in [0.5, 0.6) is 0 Å². The Hall–Kier alpha value is -0.0800. The Labute approximate surface area is 96.0 Å². The van der Waals surface area contributed by atoms with Gasteiger partial charge in [-0.1, -0.05) is 33.1 Å². The molecule has 92 valence electrons. The van der Waals surface area contributed by atoms with E-state index in [1.54, 1.807) is 0 Å². The van der Waals surface area contributed by atoms with E-state index in [-0.39, 0.29) is 0 Å². The first-order valence-corrected chi connectivity index (χ1v) is 6.59. The van der Waals surface area contributed by atoms with Crippen LogP contribution in [0.1, 0.15) is 59.3 Å². The second-order valence-corrected chi connectivity index (χ2v) is 5.11. The highest BCUT2D eigenvalue weighted by Crippen LogP contribution is 2.05. The van der Waals surface area contributed by atoms with Crippen LogP contribution in [0.3, 0.4) is 0 Å². The third kappa shape index (κ3) is 13.9. The largest absolute Gasteiger partial charge is 0.328 e. The van der Waals surface area contributed by atoms with E-state index in [1.807, 2.05) is 0 Å². The van der Waals surface area contributed by atoms with Gasteiger partial charge in [0.2, 0.25) is 0 Å². The number of nitrogens with one attached hydrogen (secondary N) is 1. The summed E-state index contributed by atoms with van der Waals surface area (Å²) in [6, 6.07) is 0.371. The van der Waals surface area contributed by atoms with Crippen molar-refractivity contribution >= 4 is 0 Å². The van der Waals surface area contributed by atoms with Crippen LogP contribution in [-0.2, 0) is 0 Å². The van der Waals surface area contributed by atoms with Gasteiger partial charge in [0.1, 0.15) is 0 Å². The molecule has 0 bridgehead atoms. The summed E-state index contributed by atoms with van der Waals surface area (Å²) in [4.78, 5) is 0. The van der Waals surface area contributed by atoms with Crippen LogP contribution >= 0.6 is 0 Å². The van der Waals surface area contributed by atoms with Crippen molar-refractivity contribution in [2.45, 2.75) is 65.3 Å². The van der Waals surface area contributed by atoms with Gasteiger partial charge in [-0.25, -0.2) is 0 Å². The van der Waals surface area contributed by atoms with Crippen molar-refractivity contribution < 1.29 is 0 Å². The molecule has 0 aliphatic rings. The molecule has 0 radical (unpaired) electrons. The van der Waals surface area contributed by atoms with Crippen LogP contribution in [0.4, 0.5) is 0 Å². The van der Waals surface area contributed by atoms with Crippen LogP contribution in [-0.4, -0.2) is 19.1 Å². The van der Waals surface area contributed by atoms with Crippen molar-refractivity contribution in [1.82, 2.24) is 5.32 Å². The number of rotatable bonds is 10. The van der Waals surface area contributed by atoms with Gasteiger partial charge in [-0.2, -0.15) is 0 Å². The molecule has 0 aromatic carbocycles. The Kier molecular flexibility index (Phi) is 10.4. The van der Waals surface area contributed by atoms with Crippen LogP contribution in [0.25, 0.3) is 0 Å². The summed E-state index contributed by atoms with van der Waals surface area (Å²) in [6.07, 6.45) is 7.75. The Morgan fingerprint density at radius 1 is 0.867 bits per heavy atom. The lowest BCUT2D eigenvalue weighted by Gasteiger charge is -2.07. The fourth-order valence-corrected chi connectivity index (χ4v) is 1.64. The predicted molar refractivity (Wildman–Crippen MR) is 69.1 cm³/mol. The lowest BCUT2D eigenvalue weighted by Crippen LogP contribution is -2.18. The average molecular weight is 214 g/mol. The van der Waals surface area contributed by atoms with Crippen molar-refractivity contribution in [3.05, 3.63) is 0 Å². The molecule has 0 aliphatic carbocycles. The number of nitrogens with two attached hydrogens (primary N) is 1. The van der Waals surface area contributed by atoms with Gasteiger partial charge in [0.25, 0.3) is 0 Å². The molecule has 1 unspecified atom stereocenters. The molecular weight excluding hydrogens is 184 g/mol. The van der Waals surface area contributed by atoms with Crippen LogP contribution in [0.2, 0.25) is 0 Å². The third-order valence-electron chi connectivity index (χ3n) is 2.65. The molecule has 0 amide bonds. The van der Waals surface area contributed by atoms with Gasteiger partial charge >= 0.3 is 0 Å². The zero-order valence-electron chi connectivity index (χ0n) is 10.9. The zero-order valence-corrected chi connectivity index (χ0v) is 10.9.